The molecule has 0 radical (unpaired) electrons. The van der Waals surface area contributed by atoms with Gasteiger partial charge in [-0.25, -0.2) is 9.18 Å². The third-order valence-corrected chi connectivity index (χ3v) is 4.04. The van der Waals surface area contributed by atoms with Crippen molar-refractivity contribution in [1.82, 2.24) is 10.6 Å². The molecule has 0 aliphatic rings. The molecule has 132 valence electrons. The second-order valence-electron chi connectivity index (χ2n) is 5.63. The van der Waals surface area contributed by atoms with E-state index < -0.39 is 6.03 Å². The van der Waals surface area contributed by atoms with Gasteiger partial charge in [-0.1, -0.05) is 28.1 Å². The largest absolute Gasteiger partial charge is 0.334 e. The van der Waals surface area contributed by atoms with Crippen LogP contribution in [0.2, 0.25) is 0 Å². The number of carbonyl (C=O) groups is 2. The molecule has 2 aromatic rings. The van der Waals surface area contributed by atoms with E-state index in [9.17, 15) is 14.0 Å². The maximum Gasteiger partial charge on any atom is 0.315 e. The highest BCUT2D eigenvalue weighted by atomic mass is 79.9. The topological polar surface area (TPSA) is 70.2 Å². The molecule has 0 heterocycles. The second kappa shape index (κ2) is 8.62. The first-order valence-corrected chi connectivity index (χ1v) is 8.47. The smallest absolute Gasteiger partial charge is 0.315 e. The third-order valence-electron chi connectivity index (χ3n) is 3.55. The molecular weight excluding hydrogens is 389 g/mol. The molecular formula is C18H19BrFN3O2. The van der Waals surface area contributed by atoms with Crippen LogP contribution in [0.1, 0.15) is 16.7 Å². The van der Waals surface area contributed by atoms with E-state index in [0.717, 1.165) is 15.6 Å². The van der Waals surface area contributed by atoms with Gasteiger partial charge in [0.05, 0.1) is 6.54 Å². The molecule has 0 aliphatic carbocycles. The van der Waals surface area contributed by atoms with E-state index in [0.29, 0.717) is 11.3 Å². The van der Waals surface area contributed by atoms with Gasteiger partial charge in [-0.15, -0.1) is 0 Å². The average molecular weight is 408 g/mol. The molecule has 2 rings (SSSR count). The number of hydrogen-bond donors (Lipinski definition) is 3. The molecule has 0 bridgehead atoms. The van der Waals surface area contributed by atoms with Crippen LogP contribution in [0.25, 0.3) is 0 Å². The Morgan fingerprint density at radius 1 is 1.04 bits per heavy atom. The Balaban J connectivity index is 1.77. The Morgan fingerprint density at radius 3 is 2.48 bits per heavy atom. The Kier molecular flexibility index (Phi) is 6.52. The maximum absolute atomic E-state index is 13.2. The molecule has 7 heteroatoms. The first-order chi connectivity index (χ1) is 11.8. The van der Waals surface area contributed by atoms with Gasteiger partial charge >= 0.3 is 6.03 Å². The van der Waals surface area contributed by atoms with Crippen LogP contribution >= 0.6 is 15.9 Å². The summed E-state index contributed by atoms with van der Waals surface area (Å²) in [6, 6.07) is 9.66. The van der Waals surface area contributed by atoms with Crippen molar-refractivity contribution >= 4 is 33.6 Å². The van der Waals surface area contributed by atoms with Crippen LogP contribution in [0, 0.1) is 19.7 Å². The lowest BCUT2D eigenvalue weighted by atomic mass is 10.1. The Labute approximate surface area is 154 Å². The van der Waals surface area contributed by atoms with Crippen LogP contribution in [0.15, 0.2) is 40.9 Å². The minimum Gasteiger partial charge on any atom is -0.334 e. The summed E-state index contributed by atoms with van der Waals surface area (Å²) in [5, 5.41) is 7.85. The minimum absolute atomic E-state index is 0.149. The Morgan fingerprint density at radius 2 is 1.80 bits per heavy atom. The normalized spacial score (nSPS) is 10.2. The fourth-order valence-electron chi connectivity index (χ4n) is 2.18. The predicted octanol–water partition coefficient (Wildman–Crippen LogP) is 3.64. The number of amides is 3. The van der Waals surface area contributed by atoms with E-state index in [4.69, 9.17) is 0 Å². The van der Waals surface area contributed by atoms with Crippen molar-refractivity contribution in [3.63, 3.8) is 0 Å². The molecule has 0 aliphatic heterocycles. The second-order valence-corrected chi connectivity index (χ2v) is 6.54. The molecule has 0 unspecified atom stereocenters. The van der Waals surface area contributed by atoms with Gasteiger partial charge in [0.1, 0.15) is 5.82 Å². The number of nitrogens with one attached hydrogen (secondary N) is 3. The van der Waals surface area contributed by atoms with Crippen LogP contribution in [0.3, 0.4) is 0 Å². The fraction of sp³-hybridized carbons (Fsp3) is 0.222. The lowest BCUT2D eigenvalue weighted by molar-refractivity contribution is -0.115. The third kappa shape index (κ3) is 5.86. The van der Waals surface area contributed by atoms with Crippen molar-refractivity contribution in [2.24, 2.45) is 0 Å². The van der Waals surface area contributed by atoms with E-state index in [1.807, 2.05) is 19.1 Å². The number of benzene rings is 2. The van der Waals surface area contributed by atoms with Crippen molar-refractivity contribution in [3.05, 3.63) is 63.4 Å². The molecule has 2 aromatic carbocycles. The lowest BCUT2D eigenvalue weighted by Crippen LogP contribution is -2.39. The van der Waals surface area contributed by atoms with Gasteiger partial charge < -0.3 is 16.0 Å². The monoisotopic (exact) mass is 407 g/mol. The standard InChI is InChI=1S/C18H19BrFN3O2/c1-11-7-13(3-5-15(11)20)9-21-18(25)22-10-17(24)23-16-6-4-14(19)8-12(16)2/h3-8H,9-10H2,1-2H3,(H,23,24)(H2,21,22,25). The number of rotatable bonds is 5. The summed E-state index contributed by atoms with van der Waals surface area (Å²) in [4.78, 5) is 23.7. The highest BCUT2D eigenvalue weighted by Crippen LogP contribution is 2.19. The predicted molar refractivity (Wildman–Crippen MR) is 98.9 cm³/mol. The Bertz CT molecular complexity index is 796. The van der Waals surface area contributed by atoms with Gasteiger partial charge in [-0.05, 0) is 54.8 Å². The summed E-state index contributed by atoms with van der Waals surface area (Å²) >= 11 is 3.36. The van der Waals surface area contributed by atoms with Gasteiger partial charge in [0.2, 0.25) is 5.91 Å². The van der Waals surface area contributed by atoms with Crippen LogP contribution in [0.4, 0.5) is 14.9 Å². The van der Waals surface area contributed by atoms with Crippen molar-refractivity contribution in [3.8, 4) is 0 Å². The number of anilines is 1. The van der Waals surface area contributed by atoms with Crippen molar-refractivity contribution in [1.29, 1.82) is 0 Å². The first kappa shape index (κ1) is 18.9. The summed E-state index contributed by atoms with van der Waals surface area (Å²) in [5.41, 5.74) is 2.91. The molecule has 3 N–H and O–H groups in total. The number of carbonyl (C=O) groups excluding carboxylic acids is 2. The molecule has 0 aromatic heterocycles. The zero-order valence-electron chi connectivity index (χ0n) is 14.0. The first-order valence-electron chi connectivity index (χ1n) is 7.68. The number of hydrogen-bond acceptors (Lipinski definition) is 2. The summed E-state index contributed by atoms with van der Waals surface area (Å²) in [6.07, 6.45) is 0. The molecule has 0 saturated heterocycles. The molecule has 5 nitrogen and oxygen atoms in total. The van der Waals surface area contributed by atoms with Crippen molar-refractivity contribution in [2.75, 3.05) is 11.9 Å². The van der Waals surface area contributed by atoms with Gasteiger partial charge in [-0.3, -0.25) is 4.79 Å². The van der Waals surface area contributed by atoms with Crippen LogP contribution in [-0.4, -0.2) is 18.5 Å². The summed E-state index contributed by atoms with van der Waals surface area (Å²) in [5.74, 6) is -0.605. The molecule has 0 spiro atoms. The summed E-state index contributed by atoms with van der Waals surface area (Å²) in [6.45, 7) is 3.64. The molecule has 0 fully saturated rings. The highest BCUT2D eigenvalue weighted by Gasteiger charge is 2.08. The maximum atomic E-state index is 13.2. The van der Waals surface area contributed by atoms with Crippen LogP contribution in [-0.2, 0) is 11.3 Å². The quantitative estimate of drug-likeness (QED) is 0.707. The number of urea groups is 1. The SMILES string of the molecule is Cc1cc(CNC(=O)NCC(=O)Nc2ccc(Br)cc2C)ccc1F. The van der Waals surface area contributed by atoms with Crippen molar-refractivity contribution in [2.45, 2.75) is 20.4 Å². The molecule has 0 atom stereocenters. The summed E-state index contributed by atoms with van der Waals surface area (Å²) < 4.78 is 14.1. The molecule has 3 amide bonds. The number of aryl methyl sites for hydroxylation is 2. The van der Waals surface area contributed by atoms with E-state index in [1.54, 1.807) is 25.1 Å². The minimum atomic E-state index is -0.468. The summed E-state index contributed by atoms with van der Waals surface area (Å²) in [7, 11) is 0. The van der Waals surface area contributed by atoms with E-state index in [1.165, 1.54) is 6.07 Å². The fourth-order valence-corrected chi connectivity index (χ4v) is 2.66. The molecule has 25 heavy (non-hydrogen) atoms. The van der Waals surface area contributed by atoms with Gasteiger partial charge in [0.25, 0.3) is 0 Å². The van der Waals surface area contributed by atoms with Gasteiger partial charge in [-0.2, -0.15) is 0 Å². The highest BCUT2D eigenvalue weighted by molar-refractivity contribution is 9.10. The van der Waals surface area contributed by atoms with E-state index in [-0.39, 0.29) is 24.8 Å². The van der Waals surface area contributed by atoms with E-state index >= 15 is 0 Å². The zero-order chi connectivity index (χ0) is 18.4. The van der Waals surface area contributed by atoms with Gasteiger partial charge in [0, 0.05) is 16.7 Å². The van der Waals surface area contributed by atoms with E-state index in [2.05, 4.69) is 31.9 Å². The van der Waals surface area contributed by atoms with Crippen LogP contribution < -0.4 is 16.0 Å². The van der Waals surface area contributed by atoms with Gasteiger partial charge in [0.15, 0.2) is 0 Å². The van der Waals surface area contributed by atoms with Crippen molar-refractivity contribution < 1.29 is 14.0 Å². The lowest BCUT2D eigenvalue weighted by Gasteiger charge is -2.10. The van der Waals surface area contributed by atoms with Crippen LogP contribution in [0.5, 0.6) is 0 Å². The molecule has 0 saturated carbocycles. The zero-order valence-corrected chi connectivity index (χ0v) is 15.5. The Hall–Kier alpha value is -2.41. The average Bonchev–Trinajstić information content (AvgIpc) is 2.56. The number of halogens is 2.